The summed E-state index contributed by atoms with van der Waals surface area (Å²) in [4.78, 5) is 22.2. The number of fused-ring (bicyclic) bond motifs is 1. The van der Waals surface area contributed by atoms with Crippen LogP contribution in [0.4, 0.5) is 17.2 Å². The van der Waals surface area contributed by atoms with Crippen LogP contribution in [0, 0.1) is 0 Å². The van der Waals surface area contributed by atoms with Gasteiger partial charge in [0.1, 0.15) is 22.8 Å². The predicted octanol–water partition coefficient (Wildman–Crippen LogP) is 5.24. The number of nitrogens with zero attached hydrogens (tertiary/aromatic N) is 3. The van der Waals surface area contributed by atoms with Gasteiger partial charge in [-0.3, -0.25) is 4.79 Å². The molecule has 2 heterocycles. The van der Waals surface area contributed by atoms with Crippen LogP contribution in [0.15, 0.2) is 78.9 Å². The van der Waals surface area contributed by atoms with Crippen molar-refractivity contribution in [1.82, 2.24) is 4.98 Å². The van der Waals surface area contributed by atoms with Crippen molar-refractivity contribution in [2.24, 2.45) is 0 Å². The van der Waals surface area contributed by atoms with Crippen molar-refractivity contribution in [1.29, 1.82) is 0 Å². The molecule has 0 aliphatic carbocycles. The number of methoxy groups -OCH3 is 1. The predicted molar refractivity (Wildman–Crippen MR) is 145 cm³/mol. The first-order valence-corrected chi connectivity index (χ1v) is 12.2. The van der Waals surface area contributed by atoms with Crippen LogP contribution < -0.4 is 24.6 Å². The molecule has 3 aromatic carbocycles. The number of pyridine rings is 1. The lowest BCUT2D eigenvalue weighted by molar-refractivity contribution is -0.118. The van der Waals surface area contributed by atoms with E-state index in [4.69, 9.17) is 26.1 Å². The molecule has 1 aliphatic heterocycles. The number of anilines is 3. The molecule has 36 heavy (non-hydrogen) atoms. The van der Waals surface area contributed by atoms with Gasteiger partial charge >= 0.3 is 0 Å². The van der Waals surface area contributed by atoms with Crippen molar-refractivity contribution >= 4 is 45.6 Å². The molecule has 0 bridgehead atoms. The van der Waals surface area contributed by atoms with Crippen LogP contribution in [0.3, 0.4) is 0 Å². The minimum absolute atomic E-state index is 0.170. The van der Waals surface area contributed by atoms with E-state index in [1.54, 1.807) is 18.2 Å². The molecule has 0 radical (unpaired) electrons. The molecule has 0 unspecified atom stereocenters. The normalized spacial score (nSPS) is 13.5. The van der Waals surface area contributed by atoms with E-state index in [2.05, 4.69) is 39.4 Å². The molecule has 1 fully saturated rings. The third-order valence-electron chi connectivity index (χ3n) is 6.19. The Morgan fingerprint density at radius 1 is 0.917 bits per heavy atom. The van der Waals surface area contributed by atoms with Crippen LogP contribution in [0.1, 0.15) is 0 Å². The van der Waals surface area contributed by atoms with E-state index in [0.29, 0.717) is 22.2 Å². The number of nitrogens with one attached hydrogen (secondary N) is 1. The summed E-state index contributed by atoms with van der Waals surface area (Å²) < 4.78 is 11.2. The average molecular weight is 503 g/mol. The van der Waals surface area contributed by atoms with E-state index in [0.717, 1.165) is 42.9 Å². The molecule has 0 saturated carbocycles. The number of carbonyl (C=O) groups is 1. The topological polar surface area (TPSA) is 66.9 Å². The lowest BCUT2D eigenvalue weighted by Crippen LogP contribution is -2.46. The second-order valence-electron chi connectivity index (χ2n) is 8.49. The summed E-state index contributed by atoms with van der Waals surface area (Å²) in [6, 6.07) is 25.3. The summed E-state index contributed by atoms with van der Waals surface area (Å²) in [5.74, 6) is 1.67. The molecule has 5 rings (SSSR count). The van der Waals surface area contributed by atoms with Gasteiger partial charge < -0.3 is 24.6 Å². The maximum atomic E-state index is 12.6. The van der Waals surface area contributed by atoms with E-state index in [9.17, 15) is 4.79 Å². The van der Waals surface area contributed by atoms with Crippen molar-refractivity contribution in [2.75, 3.05) is 55.0 Å². The summed E-state index contributed by atoms with van der Waals surface area (Å²) in [7, 11) is 1.54. The fourth-order valence-corrected chi connectivity index (χ4v) is 4.51. The maximum absolute atomic E-state index is 12.6. The largest absolute Gasteiger partial charge is 0.495 e. The summed E-state index contributed by atoms with van der Waals surface area (Å²) in [5.41, 5.74) is 2.47. The van der Waals surface area contributed by atoms with Crippen molar-refractivity contribution < 1.29 is 14.3 Å². The monoisotopic (exact) mass is 502 g/mol. The minimum Gasteiger partial charge on any atom is -0.495 e. The highest BCUT2D eigenvalue weighted by atomic mass is 35.5. The zero-order valence-electron chi connectivity index (χ0n) is 20.0. The van der Waals surface area contributed by atoms with E-state index in [1.807, 2.05) is 36.4 Å². The molecule has 4 aromatic rings. The molecular formula is C28H27ClN4O3. The lowest BCUT2D eigenvalue weighted by Gasteiger charge is -2.36. The van der Waals surface area contributed by atoms with Crippen LogP contribution in [0.25, 0.3) is 10.9 Å². The number of amides is 1. The van der Waals surface area contributed by atoms with Gasteiger partial charge in [-0.15, -0.1) is 0 Å². The zero-order chi connectivity index (χ0) is 24.9. The third kappa shape index (κ3) is 5.31. The molecule has 7 nitrogen and oxygen atoms in total. The fraction of sp³-hybridized carbons (Fsp3) is 0.214. The van der Waals surface area contributed by atoms with Crippen LogP contribution in [-0.2, 0) is 4.79 Å². The molecule has 0 atom stereocenters. The highest BCUT2D eigenvalue weighted by molar-refractivity contribution is 6.31. The van der Waals surface area contributed by atoms with Crippen molar-refractivity contribution in [3.05, 3.63) is 83.9 Å². The van der Waals surface area contributed by atoms with Crippen LogP contribution in [0.2, 0.25) is 5.02 Å². The molecule has 1 saturated heterocycles. The first-order valence-electron chi connectivity index (χ1n) is 11.8. The Balaban J connectivity index is 1.27. The van der Waals surface area contributed by atoms with Gasteiger partial charge in [-0.25, -0.2) is 4.98 Å². The number of ether oxygens (including phenoxy) is 2. The van der Waals surface area contributed by atoms with Gasteiger partial charge in [-0.05, 0) is 48.5 Å². The first kappa shape index (κ1) is 23.8. The van der Waals surface area contributed by atoms with Crippen molar-refractivity contribution in [3.8, 4) is 11.5 Å². The fourth-order valence-electron chi connectivity index (χ4n) is 4.34. The smallest absolute Gasteiger partial charge is 0.262 e. The zero-order valence-corrected chi connectivity index (χ0v) is 20.7. The number of para-hydroxylation sites is 2. The Bertz CT molecular complexity index is 1360. The van der Waals surface area contributed by atoms with Gasteiger partial charge in [-0.2, -0.15) is 0 Å². The number of rotatable bonds is 7. The molecule has 184 valence electrons. The van der Waals surface area contributed by atoms with Crippen LogP contribution in [0.5, 0.6) is 11.5 Å². The van der Waals surface area contributed by atoms with Gasteiger partial charge in [0.05, 0.1) is 12.8 Å². The highest BCUT2D eigenvalue weighted by Crippen LogP contribution is 2.29. The van der Waals surface area contributed by atoms with Crippen LogP contribution in [-0.4, -0.2) is 50.8 Å². The summed E-state index contributed by atoms with van der Waals surface area (Å²) in [6.45, 7) is 3.43. The second-order valence-corrected chi connectivity index (χ2v) is 8.92. The minimum atomic E-state index is -0.319. The Morgan fingerprint density at radius 3 is 2.47 bits per heavy atom. The quantitative estimate of drug-likeness (QED) is 0.373. The number of hydrogen-bond donors (Lipinski definition) is 1. The molecule has 1 amide bonds. The number of hydrogen-bond acceptors (Lipinski definition) is 6. The van der Waals surface area contributed by atoms with Crippen LogP contribution >= 0.6 is 11.6 Å². The maximum Gasteiger partial charge on any atom is 0.262 e. The number of aromatic nitrogens is 1. The molecule has 1 aromatic heterocycles. The summed E-state index contributed by atoms with van der Waals surface area (Å²) in [5, 5.41) is 4.25. The third-order valence-corrected chi connectivity index (χ3v) is 6.42. The van der Waals surface area contributed by atoms with Gasteiger partial charge in [0.2, 0.25) is 0 Å². The van der Waals surface area contributed by atoms with Crippen molar-refractivity contribution in [3.63, 3.8) is 0 Å². The second kappa shape index (κ2) is 10.7. The lowest BCUT2D eigenvalue weighted by atomic mass is 10.2. The average Bonchev–Trinajstić information content (AvgIpc) is 2.92. The number of benzene rings is 3. The van der Waals surface area contributed by atoms with E-state index in [-0.39, 0.29) is 12.5 Å². The first-order chi connectivity index (χ1) is 17.6. The Morgan fingerprint density at radius 2 is 1.69 bits per heavy atom. The SMILES string of the molecule is COc1ccc(Cl)cc1NC(=O)COc1cccc2ccc(N3CCN(c4ccccc4)CC3)nc12. The van der Waals surface area contributed by atoms with Crippen molar-refractivity contribution in [2.45, 2.75) is 0 Å². The number of piperazine rings is 1. The van der Waals surface area contributed by atoms with Gasteiger partial charge in [-0.1, -0.05) is 41.9 Å². The summed E-state index contributed by atoms with van der Waals surface area (Å²) >= 11 is 6.06. The van der Waals surface area contributed by atoms with E-state index < -0.39 is 0 Å². The highest BCUT2D eigenvalue weighted by Gasteiger charge is 2.19. The van der Waals surface area contributed by atoms with Gasteiger partial charge in [0, 0.05) is 42.3 Å². The molecule has 0 spiro atoms. The van der Waals surface area contributed by atoms with Gasteiger partial charge in [0.25, 0.3) is 5.91 Å². The molecular weight excluding hydrogens is 476 g/mol. The number of carbonyl (C=O) groups excluding carboxylic acids is 1. The van der Waals surface area contributed by atoms with E-state index in [1.165, 1.54) is 12.8 Å². The molecule has 8 heteroatoms. The molecule has 1 aliphatic rings. The Hall–Kier alpha value is -3.97. The van der Waals surface area contributed by atoms with E-state index >= 15 is 0 Å². The number of halogens is 1. The van der Waals surface area contributed by atoms with Gasteiger partial charge in [0.15, 0.2) is 6.61 Å². The standard InChI is InChI=1S/C28H27ClN4O3/c1-35-24-12-11-21(29)18-23(24)30-27(34)19-36-25-9-5-6-20-10-13-26(31-28(20)25)33-16-14-32(15-17-33)22-7-3-2-4-8-22/h2-13,18H,14-17,19H2,1H3,(H,30,34). The Kier molecular flexibility index (Phi) is 7.09. The Labute approximate surface area is 215 Å². The summed E-state index contributed by atoms with van der Waals surface area (Å²) in [6.07, 6.45) is 0. The molecule has 1 N–H and O–H groups in total.